The van der Waals surface area contributed by atoms with Gasteiger partial charge >= 0.3 is 0 Å². The Morgan fingerprint density at radius 1 is 0.286 bits per heavy atom. The van der Waals surface area contributed by atoms with Gasteiger partial charge in [-0.15, -0.1) is 0 Å². The van der Waals surface area contributed by atoms with E-state index in [2.05, 4.69) is 122 Å². The fraction of sp³-hybridized carbons (Fsp3) is 0.100. The van der Waals surface area contributed by atoms with Crippen LogP contribution in [-0.2, 0) is 0 Å². The Morgan fingerprint density at radius 3 is 0.690 bits per heavy atom. The van der Waals surface area contributed by atoms with E-state index in [1.807, 2.05) is 74.8 Å². The van der Waals surface area contributed by atoms with Gasteiger partial charge in [-0.3, -0.25) is 0 Å². The smallest absolute Gasteiger partial charge is 0.0337 e. The van der Waals surface area contributed by atoms with Gasteiger partial charge in [-0.2, -0.15) is 0 Å². The van der Waals surface area contributed by atoms with Crippen LogP contribution in [0.15, 0.2) is 158 Å². The number of nitrogens with one attached hydrogen (secondary N) is 2. The zero-order valence-electron chi connectivity index (χ0n) is 25.0. The lowest BCUT2D eigenvalue weighted by atomic mass is 9.97. The average Bonchev–Trinajstić information content (AvgIpc) is 3.07. The average molecular weight is 549 g/mol. The van der Waals surface area contributed by atoms with Crippen LogP contribution in [0, 0.1) is 13.8 Å². The number of hydrogen-bond acceptors (Lipinski definition) is 2. The van der Waals surface area contributed by atoms with Gasteiger partial charge in [0.15, 0.2) is 0 Å². The lowest BCUT2D eigenvalue weighted by molar-refractivity contribution is 1.47. The van der Waals surface area contributed by atoms with Crippen LogP contribution in [0.25, 0.3) is 33.4 Å². The lowest BCUT2D eigenvalue weighted by Crippen LogP contribution is -1.84. The molecule has 42 heavy (non-hydrogen) atoms. The third-order valence-corrected chi connectivity index (χ3v) is 7.00. The van der Waals surface area contributed by atoms with Crippen molar-refractivity contribution < 1.29 is 0 Å². The maximum atomic E-state index is 3.03. The normalized spacial score (nSPS) is 9.90. The third kappa shape index (κ3) is 8.97. The number of rotatable bonds is 5. The van der Waals surface area contributed by atoms with Crippen LogP contribution in [-0.4, -0.2) is 14.1 Å². The second-order valence-electron chi connectivity index (χ2n) is 10.1. The molecule has 0 radical (unpaired) electrons. The summed E-state index contributed by atoms with van der Waals surface area (Å²) in [5.74, 6) is 0. The molecule has 6 rings (SSSR count). The monoisotopic (exact) mass is 548 g/mol. The summed E-state index contributed by atoms with van der Waals surface area (Å²) in [6, 6.07) is 55.1. The van der Waals surface area contributed by atoms with Gasteiger partial charge in [0, 0.05) is 25.5 Å². The summed E-state index contributed by atoms with van der Waals surface area (Å²) in [6.45, 7) is 4.24. The first-order valence-electron chi connectivity index (χ1n) is 14.4. The van der Waals surface area contributed by atoms with E-state index < -0.39 is 0 Å². The van der Waals surface area contributed by atoms with E-state index in [1.165, 1.54) is 44.5 Å². The molecule has 0 aliphatic rings. The second-order valence-corrected chi connectivity index (χ2v) is 10.1. The maximum absolute atomic E-state index is 3.03. The summed E-state index contributed by atoms with van der Waals surface area (Å²) in [4.78, 5) is 0. The van der Waals surface area contributed by atoms with Gasteiger partial charge in [-0.1, -0.05) is 145 Å². The molecule has 0 unspecified atom stereocenters. The van der Waals surface area contributed by atoms with Crippen molar-refractivity contribution in [2.75, 3.05) is 24.7 Å². The summed E-state index contributed by atoms with van der Waals surface area (Å²) in [5.41, 5.74) is 12.4. The van der Waals surface area contributed by atoms with Crippen LogP contribution >= 0.6 is 0 Å². The summed E-state index contributed by atoms with van der Waals surface area (Å²) >= 11 is 0. The summed E-state index contributed by atoms with van der Waals surface area (Å²) in [5, 5.41) is 6.05. The Morgan fingerprint density at radius 2 is 0.500 bits per heavy atom. The van der Waals surface area contributed by atoms with Gasteiger partial charge in [-0.25, -0.2) is 0 Å². The first-order valence-corrected chi connectivity index (χ1v) is 14.4. The minimum absolute atomic E-state index is 1.16. The van der Waals surface area contributed by atoms with Crippen molar-refractivity contribution in [1.29, 1.82) is 0 Å². The van der Waals surface area contributed by atoms with Gasteiger partial charge in [0.2, 0.25) is 0 Å². The van der Waals surface area contributed by atoms with Crippen LogP contribution in [0.5, 0.6) is 0 Å². The van der Waals surface area contributed by atoms with Crippen LogP contribution in [0.2, 0.25) is 0 Å². The van der Waals surface area contributed by atoms with Crippen molar-refractivity contribution in [3.8, 4) is 33.4 Å². The number of para-hydroxylation sites is 2. The molecule has 6 aromatic carbocycles. The fourth-order valence-corrected chi connectivity index (χ4v) is 4.41. The highest BCUT2D eigenvalue weighted by Gasteiger charge is 2.02. The predicted molar refractivity (Wildman–Crippen MR) is 184 cm³/mol. The van der Waals surface area contributed by atoms with Crippen LogP contribution < -0.4 is 10.6 Å². The molecule has 0 fully saturated rings. The molecule has 0 heterocycles. The number of benzene rings is 6. The van der Waals surface area contributed by atoms with Crippen molar-refractivity contribution in [3.05, 3.63) is 169 Å². The quantitative estimate of drug-likeness (QED) is 0.224. The molecule has 0 amide bonds. The van der Waals surface area contributed by atoms with E-state index in [4.69, 9.17) is 0 Å². The van der Waals surface area contributed by atoms with Crippen LogP contribution in [0.1, 0.15) is 11.1 Å². The van der Waals surface area contributed by atoms with Crippen molar-refractivity contribution in [3.63, 3.8) is 0 Å². The number of hydrogen-bond donors (Lipinski definition) is 2. The maximum Gasteiger partial charge on any atom is 0.0337 e. The Balaban J connectivity index is 0.000000205. The molecule has 2 heteroatoms. The van der Waals surface area contributed by atoms with E-state index >= 15 is 0 Å². The van der Waals surface area contributed by atoms with Crippen molar-refractivity contribution in [2.45, 2.75) is 13.8 Å². The predicted octanol–water partition coefficient (Wildman–Crippen LogP) is 10.8. The van der Waals surface area contributed by atoms with Crippen molar-refractivity contribution in [2.24, 2.45) is 0 Å². The van der Waals surface area contributed by atoms with E-state index in [0.29, 0.717) is 0 Å². The highest BCUT2D eigenvalue weighted by Crippen LogP contribution is 2.27. The van der Waals surface area contributed by atoms with Crippen LogP contribution in [0.4, 0.5) is 11.4 Å². The zero-order valence-corrected chi connectivity index (χ0v) is 25.0. The van der Waals surface area contributed by atoms with E-state index in [9.17, 15) is 0 Å². The molecule has 0 atom stereocenters. The largest absolute Gasteiger partial charge is 0.388 e. The highest BCUT2D eigenvalue weighted by molar-refractivity contribution is 5.73. The molecule has 0 aromatic heterocycles. The standard InChI is InChI=1S/C26H22.2C7H9N/c1-19-3-7-21(8-4-19)23-11-15-25(16-12-23)26-17-13-24(14-18-26)22-9-5-20(2)6-10-22;2*1-8-7-5-3-2-4-6-7/h3-18H,1-2H3;2*2-6,8H,1H3. The number of aryl methyl sites for hydroxylation is 2. The van der Waals surface area contributed by atoms with E-state index in [-0.39, 0.29) is 0 Å². The van der Waals surface area contributed by atoms with Crippen LogP contribution in [0.3, 0.4) is 0 Å². The van der Waals surface area contributed by atoms with E-state index in [1.54, 1.807) is 0 Å². The Kier molecular flexibility index (Phi) is 11.1. The van der Waals surface area contributed by atoms with Gasteiger partial charge in [-0.05, 0) is 71.5 Å². The SMILES string of the molecule is CNc1ccccc1.CNc1ccccc1.Cc1ccc(-c2ccc(-c3ccc(-c4ccc(C)cc4)cc3)cc2)cc1. The first-order chi connectivity index (χ1) is 20.6. The Bertz CT molecular complexity index is 1460. The van der Waals surface area contributed by atoms with Gasteiger partial charge < -0.3 is 10.6 Å². The second kappa shape index (κ2) is 15.6. The fourth-order valence-electron chi connectivity index (χ4n) is 4.41. The highest BCUT2D eigenvalue weighted by atomic mass is 14.8. The summed E-state index contributed by atoms with van der Waals surface area (Å²) < 4.78 is 0. The van der Waals surface area contributed by atoms with Gasteiger partial charge in [0.05, 0.1) is 0 Å². The molecule has 0 saturated carbocycles. The number of anilines is 2. The zero-order chi connectivity index (χ0) is 29.6. The Hall–Kier alpha value is -5.08. The molecular weight excluding hydrogens is 508 g/mol. The van der Waals surface area contributed by atoms with Gasteiger partial charge in [0.25, 0.3) is 0 Å². The Labute approximate surface area is 251 Å². The molecule has 6 aromatic rings. The molecule has 0 aliphatic carbocycles. The summed E-state index contributed by atoms with van der Waals surface area (Å²) in [6.07, 6.45) is 0. The van der Waals surface area contributed by atoms with E-state index in [0.717, 1.165) is 11.4 Å². The molecule has 0 saturated heterocycles. The summed E-state index contributed by atoms with van der Waals surface area (Å²) in [7, 11) is 3.82. The first kappa shape index (κ1) is 29.9. The third-order valence-electron chi connectivity index (χ3n) is 7.00. The molecule has 210 valence electrons. The van der Waals surface area contributed by atoms with Gasteiger partial charge in [0.1, 0.15) is 0 Å². The molecule has 0 aliphatic heterocycles. The minimum Gasteiger partial charge on any atom is -0.388 e. The minimum atomic E-state index is 1.16. The molecule has 0 spiro atoms. The van der Waals surface area contributed by atoms with Crippen molar-refractivity contribution >= 4 is 11.4 Å². The lowest BCUT2D eigenvalue weighted by Gasteiger charge is -2.07. The molecular formula is C40H40N2. The topological polar surface area (TPSA) is 24.1 Å². The molecule has 2 N–H and O–H groups in total. The molecule has 0 bridgehead atoms. The molecule has 2 nitrogen and oxygen atoms in total. The van der Waals surface area contributed by atoms with Crippen molar-refractivity contribution in [1.82, 2.24) is 0 Å².